The van der Waals surface area contributed by atoms with E-state index < -0.39 is 0 Å². The number of morpholine rings is 1. The van der Waals surface area contributed by atoms with Crippen molar-refractivity contribution in [1.82, 2.24) is 4.98 Å². The Labute approximate surface area is 207 Å². The number of carbonyl (C=O) groups is 2. The molecule has 7 nitrogen and oxygen atoms in total. The average molecular weight is 475 g/mol. The van der Waals surface area contributed by atoms with Gasteiger partial charge in [0, 0.05) is 49.2 Å². The summed E-state index contributed by atoms with van der Waals surface area (Å²) in [5, 5.41) is 3.95. The number of fused-ring (bicyclic) bond motifs is 1. The fourth-order valence-electron chi connectivity index (χ4n) is 4.54. The van der Waals surface area contributed by atoms with Crippen molar-refractivity contribution in [3.63, 3.8) is 0 Å². The van der Waals surface area contributed by atoms with Crippen molar-refractivity contribution in [2.45, 2.75) is 40.0 Å². The Kier molecular flexibility index (Phi) is 7.98. The second kappa shape index (κ2) is 11.3. The molecule has 4 rings (SSSR count). The molecule has 2 amide bonds. The predicted octanol–water partition coefficient (Wildman–Crippen LogP) is 4.71. The molecule has 35 heavy (non-hydrogen) atoms. The highest BCUT2D eigenvalue weighted by atomic mass is 16.5. The third-order valence-corrected chi connectivity index (χ3v) is 6.47. The summed E-state index contributed by atoms with van der Waals surface area (Å²) in [6.45, 7) is 9.77. The number of nitrogens with zero attached hydrogens (tertiary/aromatic N) is 3. The first-order valence-corrected chi connectivity index (χ1v) is 12.4. The third-order valence-electron chi connectivity index (χ3n) is 6.47. The van der Waals surface area contributed by atoms with Gasteiger partial charge >= 0.3 is 0 Å². The molecule has 3 aromatic rings. The van der Waals surface area contributed by atoms with Gasteiger partial charge in [0.05, 0.1) is 18.7 Å². The first-order chi connectivity index (χ1) is 17.0. The molecule has 0 radical (unpaired) electrons. The number of benzene rings is 2. The van der Waals surface area contributed by atoms with Crippen LogP contribution < -0.4 is 15.1 Å². The van der Waals surface area contributed by atoms with Crippen molar-refractivity contribution in [3.05, 3.63) is 59.7 Å². The van der Waals surface area contributed by atoms with Gasteiger partial charge in [-0.3, -0.25) is 9.59 Å². The van der Waals surface area contributed by atoms with Crippen LogP contribution in [0.4, 0.5) is 17.2 Å². The lowest BCUT2D eigenvalue weighted by atomic mass is 10.1. The van der Waals surface area contributed by atoms with Crippen LogP contribution >= 0.6 is 0 Å². The SMILES string of the molecule is CCc1ccccc1N(CC)C(=O)CCC(=O)Nc1ccc2nc(N3CCOCC3)cc(C)c2c1. The fourth-order valence-corrected chi connectivity index (χ4v) is 4.54. The van der Waals surface area contributed by atoms with Gasteiger partial charge in [0.2, 0.25) is 11.8 Å². The van der Waals surface area contributed by atoms with E-state index in [9.17, 15) is 9.59 Å². The number of carbonyl (C=O) groups excluding carboxylic acids is 2. The van der Waals surface area contributed by atoms with E-state index in [2.05, 4.69) is 30.1 Å². The van der Waals surface area contributed by atoms with Crippen molar-refractivity contribution < 1.29 is 14.3 Å². The normalized spacial score (nSPS) is 13.6. The lowest BCUT2D eigenvalue weighted by Crippen LogP contribution is -2.36. The van der Waals surface area contributed by atoms with Crippen LogP contribution in [0.1, 0.15) is 37.8 Å². The molecule has 1 N–H and O–H groups in total. The molecule has 0 unspecified atom stereocenters. The number of para-hydroxylation sites is 1. The molecule has 1 saturated heterocycles. The summed E-state index contributed by atoms with van der Waals surface area (Å²) in [5.41, 5.74) is 4.77. The lowest BCUT2D eigenvalue weighted by Gasteiger charge is -2.28. The quantitative estimate of drug-likeness (QED) is 0.512. The summed E-state index contributed by atoms with van der Waals surface area (Å²) in [5.74, 6) is 0.740. The summed E-state index contributed by atoms with van der Waals surface area (Å²) >= 11 is 0. The van der Waals surface area contributed by atoms with Gasteiger partial charge in [-0.2, -0.15) is 0 Å². The summed E-state index contributed by atoms with van der Waals surface area (Å²) in [6, 6.07) is 15.8. The van der Waals surface area contributed by atoms with Gasteiger partial charge in [-0.25, -0.2) is 4.98 Å². The summed E-state index contributed by atoms with van der Waals surface area (Å²) < 4.78 is 5.44. The minimum atomic E-state index is -0.173. The molecule has 0 saturated carbocycles. The molecule has 0 spiro atoms. The van der Waals surface area contributed by atoms with E-state index >= 15 is 0 Å². The molecule has 1 fully saturated rings. The molecule has 0 aliphatic carbocycles. The minimum Gasteiger partial charge on any atom is -0.378 e. The average Bonchev–Trinajstić information content (AvgIpc) is 2.89. The van der Waals surface area contributed by atoms with E-state index in [1.807, 2.05) is 49.4 Å². The molecular weight excluding hydrogens is 440 g/mol. The number of anilines is 3. The minimum absolute atomic E-state index is 0.0438. The van der Waals surface area contributed by atoms with Crippen LogP contribution in [0, 0.1) is 6.92 Å². The highest BCUT2D eigenvalue weighted by Gasteiger charge is 2.18. The molecule has 1 aliphatic rings. The van der Waals surface area contributed by atoms with Crippen LogP contribution in [0.5, 0.6) is 0 Å². The Balaban J connectivity index is 1.40. The number of hydrogen-bond acceptors (Lipinski definition) is 5. The third kappa shape index (κ3) is 5.80. The number of aryl methyl sites for hydroxylation is 2. The molecule has 2 aromatic carbocycles. The number of aromatic nitrogens is 1. The molecule has 184 valence electrons. The van der Waals surface area contributed by atoms with E-state index in [1.165, 1.54) is 0 Å². The van der Waals surface area contributed by atoms with Crippen LogP contribution in [0.2, 0.25) is 0 Å². The van der Waals surface area contributed by atoms with Crippen LogP contribution in [0.25, 0.3) is 10.9 Å². The van der Waals surface area contributed by atoms with Gasteiger partial charge in [0.1, 0.15) is 5.82 Å². The number of pyridine rings is 1. The van der Waals surface area contributed by atoms with Crippen molar-refractivity contribution in [2.24, 2.45) is 0 Å². The molecule has 1 aliphatic heterocycles. The zero-order chi connectivity index (χ0) is 24.8. The first-order valence-electron chi connectivity index (χ1n) is 12.4. The summed E-state index contributed by atoms with van der Waals surface area (Å²) in [7, 11) is 0. The molecule has 2 heterocycles. The lowest BCUT2D eigenvalue weighted by molar-refractivity contribution is -0.122. The second-order valence-corrected chi connectivity index (χ2v) is 8.80. The van der Waals surface area contributed by atoms with Gasteiger partial charge in [0.25, 0.3) is 0 Å². The topological polar surface area (TPSA) is 74.8 Å². The molecule has 1 aromatic heterocycles. The Morgan fingerprint density at radius 1 is 1.06 bits per heavy atom. The number of amides is 2. The van der Waals surface area contributed by atoms with E-state index in [-0.39, 0.29) is 24.7 Å². The van der Waals surface area contributed by atoms with E-state index in [0.717, 1.165) is 53.0 Å². The maximum Gasteiger partial charge on any atom is 0.227 e. The summed E-state index contributed by atoms with van der Waals surface area (Å²) in [4.78, 5) is 34.4. The largest absolute Gasteiger partial charge is 0.378 e. The van der Waals surface area contributed by atoms with Gasteiger partial charge in [-0.05, 0) is 61.7 Å². The second-order valence-electron chi connectivity index (χ2n) is 8.80. The highest BCUT2D eigenvalue weighted by Crippen LogP contribution is 2.26. The maximum absolute atomic E-state index is 12.9. The standard InChI is InChI=1S/C28H34N4O3/c1-4-21-8-6-7-9-25(21)32(5-2)28(34)13-12-27(33)29-22-10-11-24-23(19-22)20(3)18-26(30-24)31-14-16-35-17-15-31/h6-11,18-19H,4-5,12-17H2,1-3H3,(H,29,33). The fraction of sp³-hybridized carbons (Fsp3) is 0.393. The molecule has 7 heteroatoms. The number of rotatable bonds is 8. The van der Waals surface area contributed by atoms with Crippen LogP contribution in [-0.2, 0) is 20.7 Å². The zero-order valence-electron chi connectivity index (χ0n) is 20.8. The van der Waals surface area contributed by atoms with Gasteiger partial charge < -0.3 is 19.9 Å². The predicted molar refractivity (Wildman–Crippen MR) is 141 cm³/mol. The Bertz CT molecular complexity index is 1200. The zero-order valence-corrected chi connectivity index (χ0v) is 20.8. The van der Waals surface area contributed by atoms with Crippen molar-refractivity contribution in [1.29, 1.82) is 0 Å². The Morgan fingerprint density at radius 3 is 2.57 bits per heavy atom. The maximum atomic E-state index is 12.9. The van der Waals surface area contributed by atoms with Crippen LogP contribution in [0.15, 0.2) is 48.5 Å². The van der Waals surface area contributed by atoms with Crippen molar-refractivity contribution in [3.8, 4) is 0 Å². The van der Waals surface area contributed by atoms with E-state index in [1.54, 1.807) is 4.90 Å². The molecular formula is C28H34N4O3. The summed E-state index contributed by atoms with van der Waals surface area (Å²) in [6.07, 6.45) is 1.15. The van der Waals surface area contributed by atoms with Crippen LogP contribution in [0.3, 0.4) is 0 Å². The number of hydrogen-bond donors (Lipinski definition) is 1. The Hall–Kier alpha value is -3.45. The smallest absolute Gasteiger partial charge is 0.227 e. The monoisotopic (exact) mass is 474 g/mol. The molecule has 0 bridgehead atoms. The number of nitrogens with one attached hydrogen (secondary N) is 1. The van der Waals surface area contributed by atoms with E-state index in [4.69, 9.17) is 9.72 Å². The van der Waals surface area contributed by atoms with E-state index in [0.29, 0.717) is 25.4 Å². The highest BCUT2D eigenvalue weighted by molar-refractivity contribution is 5.99. The van der Waals surface area contributed by atoms with Crippen molar-refractivity contribution in [2.75, 3.05) is 48.0 Å². The molecule has 0 atom stereocenters. The first kappa shape index (κ1) is 24.7. The van der Waals surface area contributed by atoms with Crippen LogP contribution in [-0.4, -0.2) is 49.6 Å². The number of ether oxygens (including phenoxy) is 1. The van der Waals surface area contributed by atoms with Gasteiger partial charge in [-0.1, -0.05) is 25.1 Å². The van der Waals surface area contributed by atoms with Gasteiger partial charge in [0.15, 0.2) is 0 Å². The Morgan fingerprint density at radius 2 is 1.83 bits per heavy atom. The van der Waals surface area contributed by atoms with Gasteiger partial charge in [-0.15, -0.1) is 0 Å². The van der Waals surface area contributed by atoms with Crippen molar-refractivity contribution >= 4 is 39.9 Å².